The largest absolute Gasteiger partial charge is 0.366 e. The molecule has 0 aliphatic carbocycles. The second-order valence-electron chi connectivity index (χ2n) is 5.43. The molecule has 0 fully saturated rings. The number of nitrogens with zero attached hydrogens (tertiary/aromatic N) is 2. The smallest absolute Gasteiger partial charge is 0.255 e. The number of rotatable bonds is 3. The lowest BCUT2D eigenvalue weighted by atomic mass is 10.1. The Morgan fingerprint density at radius 1 is 1.22 bits per heavy atom. The first-order chi connectivity index (χ1) is 11.0. The van der Waals surface area contributed by atoms with E-state index in [9.17, 15) is 9.59 Å². The van der Waals surface area contributed by atoms with Crippen molar-refractivity contribution in [1.29, 1.82) is 0 Å². The third kappa shape index (κ3) is 2.78. The fourth-order valence-corrected chi connectivity index (χ4v) is 2.43. The highest BCUT2D eigenvalue weighted by atomic mass is 16.2. The molecule has 2 amide bonds. The molecular weight excluding hydrogens is 292 g/mol. The van der Waals surface area contributed by atoms with Crippen molar-refractivity contribution in [1.82, 2.24) is 9.55 Å². The van der Waals surface area contributed by atoms with Crippen molar-refractivity contribution in [2.75, 3.05) is 5.32 Å². The van der Waals surface area contributed by atoms with Crippen LogP contribution in [0.5, 0.6) is 0 Å². The van der Waals surface area contributed by atoms with Gasteiger partial charge in [-0.25, -0.2) is 4.98 Å². The highest BCUT2D eigenvalue weighted by Crippen LogP contribution is 2.22. The van der Waals surface area contributed by atoms with E-state index >= 15 is 0 Å². The van der Waals surface area contributed by atoms with Gasteiger partial charge in [0.05, 0.1) is 17.4 Å². The Kier molecular flexibility index (Phi) is 3.57. The number of pyridine rings is 1. The summed E-state index contributed by atoms with van der Waals surface area (Å²) in [6.45, 7) is 1.96. The molecule has 0 spiro atoms. The summed E-state index contributed by atoms with van der Waals surface area (Å²) in [5.74, 6) is -0.762. The van der Waals surface area contributed by atoms with E-state index in [1.54, 1.807) is 42.2 Å². The standard InChI is InChI=1S/C17H16N4O2/c1-10-3-5-11(6-4-10)17(23)20-12-7-13-14(15(18)22)9-21(2)16(13)19-8-12/h3-9H,1-2H3,(H2,18,22)(H,20,23). The van der Waals surface area contributed by atoms with Gasteiger partial charge in [-0.2, -0.15) is 0 Å². The van der Waals surface area contributed by atoms with Crippen LogP contribution < -0.4 is 11.1 Å². The van der Waals surface area contributed by atoms with Gasteiger partial charge in [0.1, 0.15) is 5.65 Å². The van der Waals surface area contributed by atoms with E-state index < -0.39 is 5.91 Å². The van der Waals surface area contributed by atoms with Crippen molar-refractivity contribution in [2.45, 2.75) is 6.92 Å². The number of nitrogens with two attached hydrogens (primary N) is 1. The third-order valence-corrected chi connectivity index (χ3v) is 3.65. The SMILES string of the molecule is Cc1ccc(C(=O)Nc2cnc3c(c2)c(C(N)=O)cn3C)cc1. The van der Waals surface area contributed by atoms with Crippen LogP contribution in [0.2, 0.25) is 0 Å². The number of aryl methyl sites for hydroxylation is 2. The molecule has 0 atom stereocenters. The summed E-state index contributed by atoms with van der Waals surface area (Å²) in [5, 5.41) is 3.40. The molecule has 23 heavy (non-hydrogen) atoms. The maximum absolute atomic E-state index is 12.2. The second-order valence-corrected chi connectivity index (χ2v) is 5.43. The van der Waals surface area contributed by atoms with Crippen LogP contribution in [0.3, 0.4) is 0 Å². The molecule has 3 aromatic rings. The van der Waals surface area contributed by atoms with Gasteiger partial charge in [0.15, 0.2) is 0 Å². The first-order valence-corrected chi connectivity index (χ1v) is 7.08. The zero-order chi connectivity index (χ0) is 16.6. The number of hydrogen-bond donors (Lipinski definition) is 2. The Morgan fingerprint density at radius 2 is 1.91 bits per heavy atom. The van der Waals surface area contributed by atoms with Crippen LogP contribution in [-0.4, -0.2) is 21.4 Å². The van der Waals surface area contributed by atoms with Gasteiger partial charge >= 0.3 is 0 Å². The van der Waals surface area contributed by atoms with Gasteiger partial charge in [0.2, 0.25) is 0 Å². The van der Waals surface area contributed by atoms with Gasteiger partial charge in [-0.15, -0.1) is 0 Å². The molecule has 0 aliphatic heterocycles. The van der Waals surface area contributed by atoms with Crippen molar-refractivity contribution in [2.24, 2.45) is 12.8 Å². The van der Waals surface area contributed by atoms with E-state index in [1.807, 2.05) is 19.1 Å². The predicted octanol–water partition coefficient (Wildman–Crippen LogP) is 2.23. The minimum atomic E-state index is -0.528. The van der Waals surface area contributed by atoms with E-state index in [0.717, 1.165) is 5.56 Å². The second kappa shape index (κ2) is 5.57. The molecule has 0 aliphatic rings. The first kappa shape index (κ1) is 14.8. The van der Waals surface area contributed by atoms with Crippen LogP contribution in [-0.2, 0) is 7.05 Å². The van der Waals surface area contributed by atoms with E-state index in [4.69, 9.17) is 5.73 Å². The van der Waals surface area contributed by atoms with Crippen LogP contribution in [0, 0.1) is 6.92 Å². The number of aromatic nitrogens is 2. The molecular formula is C17H16N4O2. The summed E-state index contributed by atoms with van der Waals surface area (Å²) in [6, 6.07) is 8.97. The normalized spacial score (nSPS) is 10.7. The molecule has 1 aromatic carbocycles. The van der Waals surface area contributed by atoms with Crippen LogP contribution in [0.1, 0.15) is 26.3 Å². The maximum atomic E-state index is 12.2. The number of hydrogen-bond acceptors (Lipinski definition) is 3. The summed E-state index contributed by atoms with van der Waals surface area (Å²) < 4.78 is 1.72. The van der Waals surface area contributed by atoms with Crippen LogP contribution in [0.15, 0.2) is 42.7 Å². The van der Waals surface area contributed by atoms with Crippen molar-refractivity contribution < 1.29 is 9.59 Å². The van der Waals surface area contributed by atoms with Gasteiger partial charge in [-0.3, -0.25) is 9.59 Å². The van der Waals surface area contributed by atoms with Gasteiger partial charge < -0.3 is 15.6 Å². The van der Waals surface area contributed by atoms with Gasteiger partial charge in [0, 0.05) is 24.2 Å². The van der Waals surface area contributed by atoms with Crippen molar-refractivity contribution in [3.8, 4) is 0 Å². The zero-order valence-corrected chi connectivity index (χ0v) is 12.8. The van der Waals surface area contributed by atoms with Crippen LogP contribution in [0.4, 0.5) is 5.69 Å². The van der Waals surface area contributed by atoms with Crippen molar-refractivity contribution >= 4 is 28.5 Å². The van der Waals surface area contributed by atoms with E-state index in [2.05, 4.69) is 10.3 Å². The highest BCUT2D eigenvalue weighted by Gasteiger charge is 2.14. The van der Waals surface area contributed by atoms with Gasteiger partial charge in [-0.05, 0) is 25.1 Å². The number of fused-ring (bicyclic) bond motifs is 1. The topological polar surface area (TPSA) is 90.0 Å². The fraction of sp³-hybridized carbons (Fsp3) is 0.118. The Labute approximate surface area is 132 Å². The number of primary amides is 1. The summed E-state index contributed by atoms with van der Waals surface area (Å²) in [7, 11) is 1.78. The van der Waals surface area contributed by atoms with E-state index in [0.29, 0.717) is 27.8 Å². The molecule has 3 N–H and O–H groups in total. The minimum absolute atomic E-state index is 0.234. The van der Waals surface area contributed by atoms with Crippen molar-refractivity contribution in [3.05, 3.63) is 59.4 Å². The number of nitrogens with one attached hydrogen (secondary N) is 1. The van der Waals surface area contributed by atoms with E-state index in [1.165, 1.54) is 0 Å². The number of amides is 2. The molecule has 6 nitrogen and oxygen atoms in total. The van der Waals surface area contributed by atoms with Gasteiger partial charge in [0.25, 0.3) is 11.8 Å². The Morgan fingerprint density at radius 3 is 2.57 bits per heavy atom. The summed E-state index contributed by atoms with van der Waals surface area (Å²) >= 11 is 0. The number of carbonyl (C=O) groups excluding carboxylic acids is 2. The number of anilines is 1. The number of benzene rings is 1. The molecule has 116 valence electrons. The fourth-order valence-electron chi connectivity index (χ4n) is 2.43. The van der Waals surface area contributed by atoms with Crippen LogP contribution in [0.25, 0.3) is 11.0 Å². The Balaban J connectivity index is 1.94. The molecule has 3 rings (SSSR count). The van der Waals surface area contributed by atoms with Crippen molar-refractivity contribution in [3.63, 3.8) is 0 Å². The summed E-state index contributed by atoms with van der Waals surface area (Å²) in [5.41, 5.74) is 8.54. The summed E-state index contributed by atoms with van der Waals surface area (Å²) in [4.78, 5) is 28.0. The molecule has 0 saturated heterocycles. The number of carbonyl (C=O) groups is 2. The Bertz CT molecular complexity index is 910. The lowest BCUT2D eigenvalue weighted by Crippen LogP contribution is -2.12. The van der Waals surface area contributed by atoms with Gasteiger partial charge in [-0.1, -0.05) is 17.7 Å². The molecule has 0 saturated carbocycles. The first-order valence-electron chi connectivity index (χ1n) is 7.08. The molecule has 6 heteroatoms. The third-order valence-electron chi connectivity index (χ3n) is 3.65. The molecule has 0 bridgehead atoms. The minimum Gasteiger partial charge on any atom is -0.366 e. The molecule has 0 radical (unpaired) electrons. The predicted molar refractivity (Wildman–Crippen MR) is 88.4 cm³/mol. The average Bonchev–Trinajstić information content (AvgIpc) is 2.85. The lowest BCUT2D eigenvalue weighted by molar-refractivity contribution is 0.0999. The molecule has 2 aromatic heterocycles. The zero-order valence-electron chi connectivity index (χ0n) is 12.8. The molecule has 2 heterocycles. The Hall–Kier alpha value is -3.15. The highest BCUT2D eigenvalue weighted by molar-refractivity contribution is 6.08. The maximum Gasteiger partial charge on any atom is 0.255 e. The lowest BCUT2D eigenvalue weighted by Gasteiger charge is -2.06. The monoisotopic (exact) mass is 308 g/mol. The quantitative estimate of drug-likeness (QED) is 0.777. The molecule has 0 unspecified atom stereocenters. The average molecular weight is 308 g/mol. The summed E-state index contributed by atoms with van der Waals surface area (Å²) in [6.07, 6.45) is 3.19. The van der Waals surface area contributed by atoms with Crippen LogP contribution >= 0.6 is 0 Å². The van der Waals surface area contributed by atoms with E-state index in [-0.39, 0.29) is 5.91 Å².